The smallest absolute Gasteiger partial charge is 0.000895 e. The number of allylic oxidation sites excluding steroid dienone is 1. The molecule has 0 N–H and O–H groups in total. The first-order valence-electron chi connectivity index (χ1n) is 5.28. The number of hydrogen-bond donors (Lipinski definition) is 1. The first-order chi connectivity index (χ1) is 5.97. The van der Waals surface area contributed by atoms with Gasteiger partial charge in [0.15, 0.2) is 0 Å². The van der Waals surface area contributed by atoms with Gasteiger partial charge in [0.05, 0.1) is 0 Å². The lowest BCUT2D eigenvalue weighted by Crippen LogP contribution is -2.14. The van der Waals surface area contributed by atoms with Crippen molar-refractivity contribution in [2.75, 3.05) is 0 Å². The molecular formula is C12H24S. The van der Waals surface area contributed by atoms with Gasteiger partial charge in [-0.25, -0.2) is 0 Å². The molecule has 0 heterocycles. The average molecular weight is 200 g/mol. The fraction of sp³-hybridized carbons (Fsp3) is 0.833. The summed E-state index contributed by atoms with van der Waals surface area (Å²) in [4.78, 5) is 0. The van der Waals surface area contributed by atoms with Crippen LogP contribution in [0.25, 0.3) is 0 Å². The molecule has 0 aliphatic heterocycles. The van der Waals surface area contributed by atoms with Crippen molar-refractivity contribution in [2.24, 2.45) is 17.8 Å². The Morgan fingerprint density at radius 3 is 1.92 bits per heavy atom. The second-order valence-corrected chi connectivity index (χ2v) is 5.37. The Labute approximate surface area is 89.2 Å². The quantitative estimate of drug-likeness (QED) is 0.482. The van der Waals surface area contributed by atoms with Crippen LogP contribution >= 0.6 is 12.6 Å². The molecule has 0 radical (unpaired) electrons. The third-order valence-electron chi connectivity index (χ3n) is 2.83. The zero-order valence-corrected chi connectivity index (χ0v) is 10.3. The van der Waals surface area contributed by atoms with Gasteiger partial charge in [0, 0.05) is 0 Å². The van der Waals surface area contributed by atoms with Crippen LogP contribution in [0.15, 0.2) is 12.7 Å². The molecule has 0 aliphatic rings. The van der Waals surface area contributed by atoms with Gasteiger partial charge in [-0.3, -0.25) is 0 Å². The van der Waals surface area contributed by atoms with Gasteiger partial charge < -0.3 is 0 Å². The maximum Gasteiger partial charge on any atom is -0.000895 e. The molecule has 0 amide bonds. The Morgan fingerprint density at radius 1 is 1.08 bits per heavy atom. The van der Waals surface area contributed by atoms with Crippen LogP contribution in [0.2, 0.25) is 0 Å². The van der Waals surface area contributed by atoms with E-state index in [1.54, 1.807) is 0 Å². The monoisotopic (exact) mass is 200 g/mol. The highest BCUT2D eigenvalue weighted by atomic mass is 32.1. The molecule has 0 spiro atoms. The SMILES string of the molecule is C=CC(C)CC(C)C(C)CC(C)S. The predicted octanol–water partition coefficient (Wildman–Crippen LogP) is 4.18. The summed E-state index contributed by atoms with van der Waals surface area (Å²) in [6.45, 7) is 12.9. The highest BCUT2D eigenvalue weighted by Gasteiger charge is 2.15. The Balaban J connectivity index is 3.81. The molecule has 0 saturated heterocycles. The molecule has 13 heavy (non-hydrogen) atoms. The largest absolute Gasteiger partial charge is 0.176 e. The van der Waals surface area contributed by atoms with Crippen molar-refractivity contribution in [1.29, 1.82) is 0 Å². The minimum absolute atomic E-state index is 0.525. The molecule has 4 unspecified atom stereocenters. The minimum atomic E-state index is 0.525. The van der Waals surface area contributed by atoms with E-state index < -0.39 is 0 Å². The summed E-state index contributed by atoms with van der Waals surface area (Å²) in [7, 11) is 0. The second kappa shape index (κ2) is 6.53. The third-order valence-corrected chi connectivity index (χ3v) is 3.04. The zero-order valence-electron chi connectivity index (χ0n) is 9.46. The lowest BCUT2D eigenvalue weighted by molar-refractivity contribution is 0.320. The molecule has 0 fully saturated rings. The van der Waals surface area contributed by atoms with Crippen LogP contribution in [0.4, 0.5) is 0 Å². The summed E-state index contributed by atoms with van der Waals surface area (Å²) < 4.78 is 0. The highest BCUT2D eigenvalue weighted by Crippen LogP contribution is 2.25. The van der Waals surface area contributed by atoms with Crippen LogP contribution in [-0.2, 0) is 0 Å². The van der Waals surface area contributed by atoms with E-state index in [0.29, 0.717) is 11.2 Å². The first kappa shape index (κ1) is 13.1. The van der Waals surface area contributed by atoms with Crippen LogP contribution in [-0.4, -0.2) is 5.25 Å². The highest BCUT2D eigenvalue weighted by molar-refractivity contribution is 7.80. The Morgan fingerprint density at radius 2 is 1.54 bits per heavy atom. The Kier molecular flexibility index (Phi) is 6.58. The summed E-state index contributed by atoms with van der Waals surface area (Å²) >= 11 is 4.43. The number of rotatable bonds is 6. The van der Waals surface area contributed by atoms with Crippen molar-refractivity contribution in [3.05, 3.63) is 12.7 Å². The van der Waals surface area contributed by atoms with Crippen molar-refractivity contribution >= 4 is 12.6 Å². The zero-order chi connectivity index (χ0) is 10.4. The van der Waals surface area contributed by atoms with Gasteiger partial charge in [-0.05, 0) is 35.8 Å². The fourth-order valence-electron chi connectivity index (χ4n) is 1.69. The van der Waals surface area contributed by atoms with Gasteiger partial charge in [0.1, 0.15) is 0 Å². The molecule has 0 aromatic heterocycles. The first-order valence-corrected chi connectivity index (χ1v) is 5.79. The van der Waals surface area contributed by atoms with Gasteiger partial charge in [0.2, 0.25) is 0 Å². The summed E-state index contributed by atoms with van der Waals surface area (Å²) in [5.41, 5.74) is 0. The molecule has 4 atom stereocenters. The van der Waals surface area contributed by atoms with Crippen LogP contribution in [0, 0.1) is 17.8 Å². The van der Waals surface area contributed by atoms with Crippen LogP contribution in [0.1, 0.15) is 40.5 Å². The van der Waals surface area contributed by atoms with Gasteiger partial charge >= 0.3 is 0 Å². The molecule has 0 aromatic carbocycles. The van der Waals surface area contributed by atoms with Crippen LogP contribution < -0.4 is 0 Å². The summed E-state index contributed by atoms with van der Waals surface area (Å²) in [5.74, 6) is 2.20. The number of thiol groups is 1. The third kappa shape index (κ3) is 6.20. The molecule has 1 heteroatoms. The molecule has 78 valence electrons. The summed E-state index contributed by atoms with van der Waals surface area (Å²) in [6, 6.07) is 0. The van der Waals surface area contributed by atoms with E-state index in [-0.39, 0.29) is 0 Å². The lowest BCUT2D eigenvalue weighted by Gasteiger charge is -2.23. The molecule has 0 saturated carbocycles. The normalized spacial score (nSPS) is 20.4. The maximum absolute atomic E-state index is 4.43. The predicted molar refractivity (Wildman–Crippen MR) is 65.4 cm³/mol. The molecule has 0 nitrogen and oxygen atoms in total. The summed E-state index contributed by atoms with van der Waals surface area (Å²) in [5, 5.41) is 0.525. The van der Waals surface area contributed by atoms with E-state index in [9.17, 15) is 0 Å². The standard InChI is InChI=1S/C12H24S/c1-6-9(2)7-10(3)11(4)8-12(5)13/h6,9-13H,1,7-8H2,2-5H3. The maximum atomic E-state index is 4.43. The molecule has 0 rings (SSSR count). The molecule has 0 bridgehead atoms. The van der Waals surface area contributed by atoms with Crippen molar-refractivity contribution in [1.82, 2.24) is 0 Å². The topological polar surface area (TPSA) is 0 Å². The average Bonchev–Trinajstić information content (AvgIpc) is 2.02. The molecular weight excluding hydrogens is 176 g/mol. The summed E-state index contributed by atoms with van der Waals surface area (Å²) in [6.07, 6.45) is 4.52. The van der Waals surface area contributed by atoms with Crippen LogP contribution in [0.3, 0.4) is 0 Å². The molecule has 0 aliphatic carbocycles. The van der Waals surface area contributed by atoms with Gasteiger partial charge in [-0.2, -0.15) is 12.6 Å². The number of hydrogen-bond acceptors (Lipinski definition) is 1. The Bertz CT molecular complexity index is 140. The van der Waals surface area contributed by atoms with E-state index in [1.807, 2.05) is 6.08 Å². The second-order valence-electron chi connectivity index (χ2n) is 4.49. The van der Waals surface area contributed by atoms with Crippen molar-refractivity contribution in [2.45, 2.75) is 45.8 Å². The Hall–Kier alpha value is 0.0900. The van der Waals surface area contributed by atoms with E-state index in [2.05, 4.69) is 46.9 Å². The van der Waals surface area contributed by atoms with Crippen molar-refractivity contribution in [3.63, 3.8) is 0 Å². The minimum Gasteiger partial charge on any atom is -0.176 e. The van der Waals surface area contributed by atoms with E-state index in [1.165, 1.54) is 12.8 Å². The van der Waals surface area contributed by atoms with Gasteiger partial charge in [-0.15, -0.1) is 6.58 Å². The fourth-order valence-corrected chi connectivity index (χ4v) is 2.02. The van der Waals surface area contributed by atoms with Gasteiger partial charge in [0.25, 0.3) is 0 Å². The lowest BCUT2D eigenvalue weighted by atomic mass is 9.85. The van der Waals surface area contributed by atoms with E-state index in [0.717, 1.165) is 11.8 Å². The van der Waals surface area contributed by atoms with E-state index >= 15 is 0 Å². The van der Waals surface area contributed by atoms with Crippen molar-refractivity contribution < 1.29 is 0 Å². The van der Waals surface area contributed by atoms with Crippen LogP contribution in [0.5, 0.6) is 0 Å². The van der Waals surface area contributed by atoms with E-state index in [4.69, 9.17) is 0 Å². The van der Waals surface area contributed by atoms with Gasteiger partial charge in [-0.1, -0.05) is 33.8 Å². The van der Waals surface area contributed by atoms with Crippen molar-refractivity contribution in [3.8, 4) is 0 Å². The molecule has 0 aromatic rings.